The molecular formula is C21H24O5. The lowest BCUT2D eigenvalue weighted by atomic mass is 9.92. The molecule has 1 atom stereocenters. The molecule has 0 heterocycles. The second-order valence-electron chi connectivity index (χ2n) is 6.19. The van der Waals surface area contributed by atoms with Crippen molar-refractivity contribution in [3.05, 3.63) is 35.4 Å². The number of aliphatic hydroxyl groups excluding tert-OH is 1. The number of rotatable bonds is 5. The van der Waals surface area contributed by atoms with Crippen molar-refractivity contribution >= 4 is 21.5 Å². The Morgan fingerprint density at radius 3 is 2.00 bits per heavy atom. The van der Waals surface area contributed by atoms with E-state index in [1.807, 2.05) is 31.2 Å². The van der Waals surface area contributed by atoms with Crippen LogP contribution in [-0.4, -0.2) is 33.5 Å². The fourth-order valence-corrected chi connectivity index (χ4v) is 3.76. The maximum atomic E-state index is 10.3. The average molecular weight is 356 g/mol. The number of hydrogen-bond donors (Lipinski definition) is 1. The summed E-state index contributed by atoms with van der Waals surface area (Å²) in [4.78, 5) is 0. The number of fused-ring (bicyclic) bond motifs is 2. The number of aliphatic hydroxyl groups is 1. The number of aryl methyl sites for hydroxylation is 1. The molecule has 0 saturated heterocycles. The minimum absolute atomic E-state index is 0.581. The van der Waals surface area contributed by atoms with Crippen molar-refractivity contribution in [2.45, 2.75) is 20.0 Å². The highest BCUT2D eigenvalue weighted by molar-refractivity contribution is 6.15. The van der Waals surface area contributed by atoms with E-state index in [1.54, 1.807) is 35.4 Å². The van der Waals surface area contributed by atoms with Gasteiger partial charge in [-0.3, -0.25) is 0 Å². The van der Waals surface area contributed by atoms with Gasteiger partial charge in [0.25, 0.3) is 0 Å². The summed E-state index contributed by atoms with van der Waals surface area (Å²) in [6.45, 7) is 3.67. The molecule has 26 heavy (non-hydrogen) atoms. The number of benzene rings is 3. The SMILES string of the molecule is COc1c2cccc(OC)c2c(OC)c2c(OC)c(C(C)O)c(C)cc12. The first-order chi connectivity index (χ1) is 12.5. The molecule has 5 nitrogen and oxygen atoms in total. The smallest absolute Gasteiger partial charge is 0.142 e. The monoisotopic (exact) mass is 356 g/mol. The summed E-state index contributed by atoms with van der Waals surface area (Å²) in [7, 11) is 6.48. The van der Waals surface area contributed by atoms with E-state index in [0.29, 0.717) is 23.0 Å². The summed E-state index contributed by atoms with van der Waals surface area (Å²) in [6.07, 6.45) is -0.682. The molecule has 0 aliphatic heterocycles. The van der Waals surface area contributed by atoms with E-state index in [2.05, 4.69) is 0 Å². The highest BCUT2D eigenvalue weighted by atomic mass is 16.5. The van der Waals surface area contributed by atoms with Gasteiger partial charge in [0.15, 0.2) is 0 Å². The van der Waals surface area contributed by atoms with Gasteiger partial charge in [0.2, 0.25) is 0 Å². The van der Waals surface area contributed by atoms with Gasteiger partial charge >= 0.3 is 0 Å². The van der Waals surface area contributed by atoms with Crippen LogP contribution in [0.4, 0.5) is 0 Å². The zero-order chi connectivity index (χ0) is 19.0. The summed E-state index contributed by atoms with van der Waals surface area (Å²) in [5, 5.41) is 13.6. The Balaban J connectivity index is 2.69. The average Bonchev–Trinajstić information content (AvgIpc) is 2.64. The van der Waals surface area contributed by atoms with E-state index in [9.17, 15) is 5.11 Å². The van der Waals surface area contributed by atoms with Crippen molar-refractivity contribution in [2.24, 2.45) is 0 Å². The topological polar surface area (TPSA) is 57.2 Å². The third-order valence-electron chi connectivity index (χ3n) is 4.75. The Morgan fingerprint density at radius 2 is 1.46 bits per heavy atom. The van der Waals surface area contributed by atoms with Crippen molar-refractivity contribution in [1.82, 2.24) is 0 Å². The molecule has 0 spiro atoms. The molecule has 0 aromatic heterocycles. The highest BCUT2D eigenvalue weighted by Gasteiger charge is 2.25. The molecule has 0 amide bonds. The zero-order valence-corrected chi connectivity index (χ0v) is 16.0. The minimum Gasteiger partial charge on any atom is -0.496 e. The Hall–Kier alpha value is -2.66. The van der Waals surface area contributed by atoms with Crippen LogP contribution in [0.1, 0.15) is 24.2 Å². The first kappa shape index (κ1) is 18.1. The standard InChI is InChI=1S/C21H24O5/c1-11-10-14-18(20(25-5)16(11)12(2)22)21(26-6)17-13(19(14)24-4)8-7-9-15(17)23-3/h7-10,12,22H,1-6H3. The Bertz CT molecular complexity index is 976. The predicted molar refractivity (Wildman–Crippen MR) is 103 cm³/mol. The van der Waals surface area contributed by atoms with Crippen LogP contribution in [0.3, 0.4) is 0 Å². The largest absolute Gasteiger partial charge is 0.496 e. The number of ether oxygens (including phenoxy) is 4. The van der Waals surface area contributed by atoms with E-state index in [4.69, 9.17) is 18.9 Å². The van der Waals surface area contributed by atoms with Gasteiger partial charge in [0.1, 0.15) is 23.0 Å². The molecule has 0 radical (unpaired) electrons. The normalized spacial score (nSPS) is 12.3. The van der Waals surface area contributed by atoms with E-state index in [1.165, 1.54) is 0 Å². The van der Waals surface area contributed by atoms with Crippen molar-refractivity contribution < 1.29 is 24.1 Å². The molecule has 0 aliphatic rings. The molecular weight excluding hydrogens is 332 g/mol. The molecule has 0 saturated carbocycles. The molecule has 1 unspecified atom stereocenters. The molecule has 0 fully saturated rings. The summed E-state index contributed by atoms with van der Waals surface area (Å²) in [5.74, 6) is 2.61. The molecule has 1 N–H and O–H groups in total. The lowest BCUT2D eigenvalue weighted by Gasteiger charge is -2.22. The van der Waals surface area contributed by atoms with Crippen LogP contribution in [0.5, 0.6) is 23.0 Å². The molecule has 3 aromatic carbocycles. The minimum atomic E-state index is -0.682. The third kappa shape index (κ3) is 2.51. The number of hydrogen-bond acceptors (Lipinski definition) is 5. The van der Waals surface area contributed by atoms with Crippen molar-refractivity contribution in [3.63, 3.8) is 0 Å². The van der Waals surface area contributed by atoms with E-state index < -0.39 is 6.10 Å². The molecule has 3 aromatic rings. The van der Waals surface area contributed by atoms with Crippen LogP contribution in [0, 0.1) is 6.92 Å². The lowest BCUT2D eigenvalue weighted by Crippen LogP contribution is -2.03. The van der Waals surface area contributed by atoms with Crippen LogP contribution in [0.2, 0.25) is 0 Å². The molecule has 5 heteroatoms. The molecule has 138 valence electrons. The van der Waals surface area contributed by atoms with Crippen molar-refractivity contribution in [1.29, 1.82) is 0 Å². The summed E-state index contributed by atoms with van der Waals surface area (Å²) >= 11 is 0. The first-order valence-electron chi connectivity index (χ1n) is 8.40. The lowest BCUT2D eigenvalue weighted by molar-refractivity contribution is 0.194. The quantitative estimate of drug-likeness (QED) is 0.687. The predicted octanol–water partition coefficient (Wildman–Crippen LogP) is 4.39. The second kappa shape index (κ2) is 6.92. The fraction of sp³-hybridized carbons (Fsp3) is 0.333. The second-order valence-corrected chi connectivity index (χ2v) is 6.19. The maximum Gasteiger partial charge on any atom is 0.142 e. The van der Waals surface area contributed by atoms with Gasteiger partial charge in [-0.25, -0.2) is 0 Å². The number of methoxy groups -OCH3 is 4. The summed E-state index contributed by atoms with van der Waals surface area (Å²) < 4.78 is 22.9. The first-order valence-corrected chi connectivity index (χ1v) is 8.40. The Morgan fingerprint density at radius 1 is 0.808 bits per heavy atom. The molecule has 0 bridgehead atoms. The van der Waals surface area contributed by atoms with Crippen LogP contribution < -0.4 is 18.9 Å². The van der Waals surface area contributed by atoms with E-state index >= 15 is 0 Å². The maximum absolute atomic E-state index is 10.3. The highest BCUT2D eigenvalue weighted by Crippen LogP contribution is 2.51. The molecule has 3 rings (SSSR count). The van der Waals surface area contributed by atoms with Crippen LogP contribution >= 0.6 is 0 Å². The zero-order valence-electron chi connectivity index (χ0n) is 16.0. The van der Waals surface area contributed by atoms with Gasteiger partial charge < -0.3 is 24.1 Å². The summed E-state index contributed by atoms with van der Waals surface area (Å²) in [6, 6.07) is 7.78. The van der Waals surface area contributed by atoms with E-state index in [0.717, 1.165) is 32.7 Å². The van der Waals surface area contributed by atoms with E-state index in [-0.39, 0.29) is 0 Å². The van der Waals surface area contributed by atoms with Gasteiger partial charge in [-0.2, -0.15) is 0 Å². The van der Waals surface area contributed by atoms with Crippen LogP contribution in [0.25, 0.3) is 21.5 Å². The Kier molecular flexibility index (Phi) is 4.83. The van der Waals surface area contributed by atoms with Crippen molar-refractivity contribution in [3.8, 4) is 23.0 Å². The van der Waals surface area contributed by atoms with Crippen molar-refractivity contribution in [2.75, 3.05) is 28.4 Å². The molecule has 0 aliphatic carbocycles. The third-order valence-corrected chi connectivity index (χ3v) is 4.75. The van der Waals surface area contributed by atoms with Crippen LogP contribution in [-0.2, 0) is 0 Å². The van der Waals surface area contributed by atoms with Gasteiger partial charge in [0.05, 0.1) is 45.3 Å². The summed E-state index contributed by atoms with van der Waals surface area (Å²) in [5.41, 5.74) is 1.65. The van der Waals surface area contributed by atoms with Gasteiger partial charge in [-0.05, 0) is 31.5 Å². The Labute approximate surface area is 153 Å². The van der Waals surface area contributed by atoms with Gasteiger partial charge in [0, 0.05) is 16.3 Å². The van der Waals surface area contributed by atoms with Gasteiger partial charge in [-0.1, -0.05) is 12.1 Å². The van der Waals surface area contributed by atoms with Crippen LogP contribution in [0.15, 0.2) is 24.3 Å². The fourth-order valence-electron chi connectivity index (χ4n) is 3.76. The van der Waals surface area contributed by atoms with Gasteiger partial charge in [-0.15, -0.1) is 0 Å².